The Morgan fingerprint density at radius 2 is 2.04 bits per heavy atom. The van der Waals surface area contributed by atoms with Crippen LogP contribution in [0.4, 0.5) is 4.79 Å². The number of ether oxygens (including phenoxy) is 1. The van der Waals surface area contributed by atoms with Crippen LogP contribution in [0.2, 0.25) is 0 Å². The van der Waals surface area contributed by atoms with Gasteiger partial charge in [0.25, 0.3) is 0 Å². The number of carboxylic acid groups (broad SMARTS) is 1. The molecule has 0 spiro atoms. The van der Waals surface area contributed by atoms with Crippen molar-refractivity contribution < 1.29 is 14.6 Å². The van der Waals surface area contributed by atoms with E-state index in [0.29, 0.717) is 43.4 Å². The fourth-order valence-electron chi connectivity index (χ4n) is 2.69. The minimum absolute atomic E-state index is 0.436. The molecule has 0 bridgehead atoms. The molecule has 0 radical (unpaired) electrons. The molecule has 0 atom stereocenters. The lowest BCUT2D eigenvalue weighted by atomic mass is 10.2. The van der Waals surface area contributed by atoms with Crippen LogP contribution in [0.3, 0.4) is 0 Å². The van der Waals surface area contributed by atoms with E-state index in [-0.39, 0.29) is 0 Å². The molecule has 25 heavy (non-hydrogen) atoms. The molecule has 128 valence electrons. The van der Waals surface area contributed by atoms with Crippen LogP contribution in [0.5, 0.6) is 11.6 Å². The van der Waals surface area contributed by atoms with Crippen molar-refractivity contribution >= 4 is 6.09 Å². The average Bonchev–Trinajstić information content (AvgIpc) is 2.63. The number of rotatable bonds is 4. The van der Waals surface area contributed by atoms with Gasteiger partial charge in [0, 0.05) is 45.0 Å². The van der Waals surface area contributed by atoms with Crippen molar-refractivity contribution in [3.05, 3.63) is 53.7 Å². The maximum absolute atomic E-state index is 10.9. The smallest absolute Gasteiger partial charge is 0.407 e. The second-order valence-electron chi connectivity index (χ2n) is 5.79. The van der Waals surface area contributed by atoms with Crippen molar-refractivity contribution in [3.63, 3.8) is 0 Å². The molecule has 1 aromatic heterocycles. The average molecular weight is 338 g/mol. The molecule has 1 amide bonds. The highest BCUT2D eigenvalue weighted by molar-refractivity contribution is 5.65. The van der Waals surface area contributed by atoms with E-state index in [2.05, 4.69) is 9.88 Å². The zero-order valence-electron chi connectivity index (χ0n) is 13.6. The van der Waals surface area contributed by atoms with Crippen LogP contribution in [-0.2, 0) is 6.54 Å². The minimum Gasteiger partial charge on any atom is -0.465 e. The van der Waals surface area contributed by atoms with E-state index in [1.807, 2.05) is 30.3 Å². The van der Waals surface area contributed by atoms with Crippen LogP contribution in [0.1, 0.15) is 11.1 Å². The topological polar surface area (TPSA) is 89.7 Å². The molecule has 3 rings (SSSR count). The van der Waals surface area contributed by atoms with Gasteiger partial charge in [-0.15, -0.1) is 0 Å². The summed E-state index contributed by atoms with van der Waals surface area (Å²) in [5.74, 6) is 1.12. The fourth-order valence-corrected chi connectivity index (χ4v) is 2.69. The summed E-state index contributed by atoms with van der Waals surface area (Å²) in [6.07, 6.45) is 0.617. The Labute approximate surface area is 145 Å². The fraction of sp³-hybridized carbons (Fsp3) is 0.278. The van der Waals surface area contributed by atoms with Crippen molar-refractivity contribution in [2.45, 2.75) is 6.54 Å². The largest absolute Gasteiger partial charge is 0.465 e. The summed E-state index contributed by atoms with van der Waals surface area (Å²) in [5, 5.41) is 17.8. The number of benzene rings is 1. The molecule has 7 heteroatoms. The summed E-state index contributed by atoms with van der Waals surface area (Å²) in [7, 11) is 0. The Balaban J connectivity index is 1.60. The van der Waals surface area contributed by atoms with Crippen LogP contribution in [0.15, 0.2) is 42.6 Å². The van der Waals surface area contributed by atoms with Gasteiger partial charge in [0.05, 0.1) is 5.56 Å². The number of aromatic nitrogens is 1. The summed E-state index contributed by atoms with van der Waals surface area (Å²) >= 11 is 0. The lowest BCUT2D eigenvalue weighted by Crippen LogP contribution is -2.47. The lowest BCUT2D eigenvalue weighted by molar-refractivity contribution is 0.103. The molecule has 2 aromatic rings. The van der Waals surface area contributed by atoms with Gasteiger partial charge in [-0.3, -0.25) is 4.90 Å². The number of nitrogens with zero attached hydrogens (tertiary/aromatic N) is 4. The zero-order valence-corrected chi connectivity index (χ0v) is 13.6. The Kier molecular flexibility index (Phi) is 5.11. The molecular formula is C18H18N4O3. The molecule has 0 aliphatic carbocycles. The number of piperazine rings is 1. The van der Waals surface area contributed by atoms with Crippen LogP contribution >= 0.6 is 0 Å². The molecule has 1 saturated heterocycles. The van der Waals surface area contributed by atoms with Crippen LogP contribution < -0.4 is 4.74 Å². The van der Waals surface area contributed by atoms with Gasteiger partial charge >= 0.3 is 6.09 Å². The van der Waals surface area contributed by atoms with E-state index >= 15 is 0 Å². The number of amides is 1. The quantitative estimate of drug-likeness (QED) is 0.921. The molecule has 0 saturated carbocycles. The number of nitriles is 1. The third-order valence-corrected chi connectivity index (χ3v) is 4.04. The van der Waals surface area contributed by atoms with Gasteiger partial charge in [-0.05, 0) is 23.8 Å². The SMILES string of the molecule is N#Cc1ccc(Oc2cccc(CN3CCN(C(=O)O)CC3)c2)nc1. The molecule has 1 fully saturated rings. The van der Waals surface area contributed by atoms with E-state index < -0.39 is 6.09 Å². The first-order valence-electron chi connectivity index (χ1n) is 7.97. The van der Waals surface area contributed by atoms with Crippen LogP contribution in [-0.4, -0.2) is 52.2 Å². The van der Waals surface area contributed by atoms with Gasteiger partial charge in [-0.1, -0.05) is 12.1 Å². The van der Waals surface area contributed by atoms with Gasteiger partial charge in [0.2, 0.25) is 5.88 Å². The van der Waals surface area contributed by atoms with E-state index in [9.17, 15) is 4.79 Å². The van der Waals surface area contributed by atoms with Gasteiger partial charge in [-0.25, -0.2) is 9.78 Å². The third kappa shape index (κ3) is 4.46. The minimum atomic E-state index is -0.857. The summed E-state index contributed by atoms with van der Waals surface area (Å²) in [6.45, 7) is 3.23. The monoisotopic (exact) mass is 338 g/mol. The first kappa shape index (κ1) is 16.7. The van der Waals surface area contributed by atoms with Gasteiger partial charge in [0.15, 0.2) is 0 Å². The van der Waals surface area contributed by atoms with Gasteiger partial charge in [-0.2, -0.15) is 5.26 Å². The molecule has 0 unspecified atom stereocenters. The first-order chi connectivity index (χ1) is 12.1. The maximum atomic E-state index is 10.9. The molecule has 1 aliphatic heterocycles. The Morgan fingerprint density at radius 1 is 1.24 bits per heavy atom. The highest BCUT2D eigenvalue weighted by atomic mass is 16.5. The normalized spacial score (nSPS) is 14.8. The van der Waals surface area contributed by atoms with Crippen molar-refractivity contribution in [1.82, 2.24) is 14.8 Å². The Bertz CT molecular complexity index is 778. The number of hydrogen-bond donors (Lipinski definition) is 1. The summed E-state index contributed by atoms with van der Waals surface area (Å²) in [6, 6.07) is 13.1. The van der Waals surface area contributed by atoms with E-state index in [0.717, 1.165) is 12.1 Å². The third-order valence-electron chi connectivity index (χ3n) is 4.04. The van der Waals surface area contributed by atoms with Crippen LogP contribution in [0, 0.1) is 11.3 Å². The van der Waals surface area contributed by atoms with Crippen molar-refractivity contribution in [2.24, 2.45) is 0 Å². The molecule has 1 aromatic carbocycles. The van der Waals surface area contributed by atoms with E-state index in [4.69, 9.17) is 15.1 Å². The van der Waals surface area contributed by atoms with Crippen LogP contribution in [0.25, 0.3) is 0 Å². The molecule has 7 nitrogen and oxygen atoms in total. The van der Waals surface area contributed by atoms with Gasteiger partial charge < -0.3 is 14.7 Å². The maximum Gasteiger partial charge on any atom is 0.407 e. The highest BCUT2D eigenvalue weighted by Crippen LogP contribution is 2.21. The predicted octanol–water partition coefficient (Wildman–Crippen LogP) is 2.54. The molecule has 1 N–H and O–H groups in total. The highest BCUT2D eigenvalue weighted by Gasteiger charge is 2.20. The van der Waals surface area contributed by atoms with E-state index in [1.165, 1.54) is 11.1 Å². The molecule has 1 aliphatic rings. The molecule has 2 heterocycles. The van der Waals surface area contributed by atoms with Crippen molar-refractivity contribution in [3.8, 4) is 17.7 Å². The second kappa shape index (κ2) is 7.64. The summed E-state index contributed by atoms with van der Waals surface area (Å²) in [4.78, 5) is 18.7. The molecular weight excluding hydrogens is 320 g/mol. The van der Waals surface area contributed by atoms with Crippen molar-refractivity contribution in [2.75, 3.05) is 26.2 Å². The number of hydrogen-bond acceptors (Lipinski definition) is 5. The Morgan fingerprint density at radius 3 is 2.68 bits per heavy atom. The zero-order chi connectivity index (χ0) is 17.6. The van der Waals surface area contributed by atoms with Gasteiger partial charge in [0.1, 0.15) is 11.8 Å². The number of pyridine rings is 1. The number of carbonyl (C=O) groups is 1. The lowest BCUT2D eigenvalue weighted by Gasteiger charge is -2.33. The van der Waals surface area contributed by atoms with E-state index in [1.54, 1.807) is 12.1 Å². The second-order valence-corrected chi connectivity index (χ2v) is 5.79. The Hall–Kier alpha value is -3.11. The van der Waals surface area contributed by atoms with Crippen molar-refractivity contribution in [1.29, 1.82) is 5.26 Å². The predicted molar refractivity (Wildman–Crippen MR) is 90.3 cm³/mol. The first-order valence-corrected chi connectivity index (χ1v) is 7.97. The standard InChI is InChI=1S/C18H18N4O3/c19-11-15-4-5-17(20-12-15)25-16-3-1-2-14(10-16)13-21-6-8-22(9-7-21)18(23)24/h1-5,10,12H,6-9,13H2,(H,23,24). The summed E-state index contributed by atoms with van der Waals surface area (Å²) in [5.41, 5.74) is 1.58. The summed E-state index contributed by atoms with van der Waals surface area (Å²) < 4.78 is 5.73.